The number of amides is 1. The van der Waals surface area contributed by atoms with E-state index in [1.54, 1.807) is 6.92 Å². The predicted octanol–water partition coefficient (Wildman–Crippen LogP) is 2.22. The van der Waals surface area contributed by atoms with Gasteiger partial charge in [0.1, 0.15) is 0 Å². The summed E-state index contributed by atoms with van der Waals surface area (Å²) < 4.78 is 23.0. The van der Waals surface area contributed by atoms with Gasteiger partial charge in [0.25, 0.3) is 5.91 Å². The Kier molecular flexibility index (Phi) is 4.91. The van der Waals surface area contributed by atoms with E-state index in [0.29, 0.717) is 18.0 Å². The summed E-state index contributed by atoms with van der Waals surface area (Å²) in [6.07, 6.45) is 4.67. The van der Waals surface area contributed by atoms with Gasteiger partial charge in [0.2, 0.25) is 10.0 Å². The highest BCUT2D eigenvalue weighted by Gasteiger charge is 2.20. The molecule has 0 radical (unpaired) electrons. The number of carbonyl (C=O) groups excluding carboxylic acids is 1. The molecule has 1 amide bonds. The monoisotopic (exact) mass is 330 g/mol. The summed E-state index contributed by atoms with van der Waals surface area (Å²) in [7, 11) is -3.91. The second kappa shape index (κ2) is 6.34. The molecule has 1 aromatic carbocycles. The van der Waals surface area contributed by atoms with Crippen LogP contribution in [0.15, 0.2) is 17.0 Å². The molecule has 5 nitrogen and oxygen atoms in total. The molecule has 1 aliphatic rings. The van der Waals surface area contributed by atoms with E-state index in [4.69, 9.17) is 16.7 Å². The Morgan fingerprint density at radius 1 is 1.43 bits per heavy atom. The van der Waals surface area contributed by atoms with Crippen molar-refractivity contribution in [3.05, 3.63) is 28.3 Å². The average molecular weight is 331 g/mol. The lowest BCUT2D eigenvalue weighted by Crippen LogP contribution is -2.28. The number of rotatable bonds is 5. The van der Waals surface area contributed by atoms with Crippen LogP contribution in [-0.4, -0.2) is 20.9 Å². The lowest BCUT2D eigenvalue weighted by molar-refractivity contribution is 0.0948. The second-order valence-electron chi connectivity index (χ2n) is 5.46. The van der Waals surface area contributed by atoms with Crippen molar-refractivity contribution in [2.75, 3.05) is 6.54 Å². The molecule has 2 rings (SSSR count). The first kappa shape index (κ1) is 16.3. The molecule has 0 unspecified atom stereocenters. The fourth-order valence-electron chi connectivity index (χ4n) is 2.45. The van der Waals surface area contributed by atoms with Gasteiger partial charge in [-0.05, 0) is 37.0 Å². The maximum atomic E-state index is 12.2. The minimum Gasteiger partial charge on any atom is -0.352 e. The van der Waals surface area contributed by atoms with Crippen molar-refractivity contribution in [3.8, 4) is 0 Å². The van der Waals surface area contributed by atoms with E-state index in [-0.39, 0.29) is 21.4 Å². The highest BCUT2D eigenvalue weighted by molar-refractivity contribution is 7.89. The lowest BCUT2D eigenvalue weighted by atomic mass is 9.83. The average Bonchev–Trinajstić information content (AvgIpc) is 2.33. The van der Waals surface area contributed by atoms with Crippen LogP contribution >= 0.6 is 11.6 Å². The Morgan fingerprint density at radius 2 is 2.10 bits per heavy atom. The number of hydrogen-bond acceptors (Lipinski definition) is 3. The zero-order chi connectivity index (χ0) is 15.6. The topological polar surface area (TPSA) is 89.3 Å². The van der Waals surface area contributed by atoms with Crippen LogP contribution in [0.5, 0.6) is 0 Å². The highest BCUT2D eigenvalue weighted by atomic mass is 35.5. The second-order valence-corrected chi connectivity index (χ2v) is 7.43. The van der Waals surface area contributed by atoms with E-state index in [9.17, 15) is 13.2 Å². The molecule has 3 N–H and O–H groups in total. The van der Waals surface area contributed by atoms with Crippen LogP contribution in [0.3, 0.4) is 0 Å². The molecule has 1 aliphatic carbocycles. The number of benzene rings is 1. The third-order valence-corrected chi connectivity index (χ3v) is 5.19. The number of halogens is 1. The van der Waals surface area contributed by atoms with Crippen molar-refractivity contribution in [2.24, 2.45) is 11.1 Å². The van der Waals surface area contributed by atoms with E-state index >= 15 is 0 Å². The number of sulfonamides is 1. The van der Waals surface area contributed by atoms with Gasteiger partial charge in [0.05, 0.1) is 4.90 Å². The van der Waals surface area contributed by atoms with Crippen molar-refractivity contribution >= 4 is 27.5 Å². The first-order chi connectivity index (χ1) is 9.79. The van der Waals surface area contributed by atoms with E-state index in [2.05, 4.69) is 5.32 Å². The molecule has 0 heterocycles. The molecule has 0 aromatic heterocycles. The fourth-order valence-corrected chi connectivity index (χ4v) is 3.56. The molecular weight excluding hydrogens is 312 g/mol. The largest absolute Gasteiger partial charge is 0.352 e. The zero-order valence-electron chi connectivity index (χ0n) is 11.9. The van der Waals surface area contributed by atoms with Gasteiger partial charge in [-0.25, -0.2) is 13.6 Å². The van der Waals surface area contributed by atoms with Gasteiger partial charge in [-0.15, -0.1) is 0 Å². The SMILES string of the molecule is Cc1c(C(=O)NCCC2CCC2)cc(Cl)cc1S(N)(=O)=O. The van der Waals surface area contributed by atoms with E-state index < -0.39 is 10.0 Å². The van der Waals surface area contributed by atoms with Gasteiger partial charge in [-0.1, -0.05) is 30.9 Å². The quantitative estimate of drug-likeness (QED) is 0.867. The van der Waals surface area contributed by atoms with Gasteiger partial charge in [-0.3, -0.25) is 4.79 Å². The Morgan fingerprint density at radius 3 is 2.62 bits per heavy atom. The number of nitrogens with one attached hydrogen (secondary N) is 1. The van der Waals surface area contributed by atoms with Crippen molar-refractivity contribution in [1.29, 1.82) is 0 Å². The maximum absolute atomic E-state index is 12.2. The summed E-state index contributed by atoms with van der Waals surface area (Å²) in [6.45, 7) is 2.14. The van der Waals surface area contributed by atoms with Crippen LogP contribution in [0, 0.1) is 12.8 Å². The van der Waals surface area contributed by atoms with E-state index in [0.717, 1.165) is 6.42 Å². The minimum absolute atomic E-state index is 0.112. The van der Waals surface area contributed by atoms with Gasteiger partial charge in [0.15, 0.2) is 0 Å². The molecule has 1 fully saturated rings. The minimum atomic E-state index is -3.91. The summed E-state index contributed by atoms with van der Waals surface area (Å²) in [6, 6.07) is 2.72. The maximum Gasteiger partial charge on any atom is 0.251 e. The van der Waals surface area contributed by atoms with Crippen molar-refractivity contribution in [2.45, 2.75) is 37.5 Å². The molecular formula is C14H19ClN2O3S. The highest BCUT2D eigenvalue weighted by Crippen LogP contribution is 2.29. The molecule has 116 valence electrons. The molecule has 0 saturated heterocycles. The molecule has 1 saturated carbocycles. The summed E-state index contributed by atoms with van der Waals surface area (Å²) in [5.74, 6) is 0.380. The third kappa shape index (κ3) is 3.96. The van der Waals surface area contributed by atoms with Crippen LogP contribution in [0.25, 0.3) is 0 Å². The smallest absolute Gasteiger partial charge is 0.251 e. The van der Waals surface area contributed by atoms with Crippen LogP contribution < -0.4 is 10.5 Å². The van der Waals surface area contributed by atoms with E-state index in [1.165, 1.54) is 31.4 Å². The Hall–Kier alpha value is -1.11. The molecule has 0 bridgehead atoms. The molecule has 1 aromatic rings. The molecule has 7 heteroatoms. The van der Waals surface area contributed by atoms with Crippen molar-refractivity contribution < 1.29 is 13.2 Å². The van der Waals surface area contributed by atoms with Gasteiger partial charge >= 0.3 is 0 Å². The Balaban J connectivity index is 2.14. The summed E-state index contributed by atoms with van der Waals surface area (Å²) in [4.78, 5) is 12.1. The standard InChI is InChI=1S/C14H19ClN2O3S/c1-9-12(7-11(15)8-13(9)21(16,19)20)14(18)17-6-5-10-3-2-4-10/h7-8,10H,2-6H2,1H3,(H,17,18)(H2,16,19,20). The predicted molar refractivity (Wildman–Crippen MR) is 81.9 cm³/mol. The van der Waals surface area contributed by atoms with Gasteiger partial charge < -0.3 is 5.32 Å². The molecule has 0 spiro atoms. The summed E-state index contributed by atoms with van der Waals surface area (Å²) in [5, 5.41) is 8.13. The van der Waals surface area contributed by atoms with Gasteiger partial charge in [-0.2, -0.15) is 0 Å². The van der Waals surface area contributed by atoms with Gasteiger partial charge in [0, 0.05) is 17.1 Å². The number of hydrogen-bond donors (Lipinski definition) is 2. The summed E-state index contributed by atoms with van der Waals surface area (Å²) >= 11 is 5.89. The zero-order valence-corrected chi connectivity index (χ0v) is 13.4. The van der Waals surface area contributed by atoms with Crippen LogP contribution in [0.4, 0.5) is 0 Å². The van der Waals surface area contributed by atoms with Crippen LogP contribution in [-0.2, 0) is 10.0 Å². The third-order valence-electron chi connectivity index (χ3n) is 3.94. The number of nitrogens with two attached hydrogens (primary N) is 1. The first-order valence-corrected chi connectivity index (χ1v) is 8.82. The van der Waals surface area contributed by atoms with Crippen LogP contribution in [0.1, 0.15) is 41.6 Å². The molecule has 0 atom stereocenters. The molecule has 0 aliphatic heterocycles. The number of carbonyl (C=O) groups is 1. The lowest BCUT2D eigenvalue weighted by Gasteiger charge is -2.25. The van der Waals surface area contributed by atoms with Crippen LogP contribution in [0.2, 0.25) is 5.02 Å². The summed E-state index contributed by atoms with van der Waals surface area (Å²) in [5.41, 5.74) is 0.572. The number of primary sulfonamides is 1. The fraction of sp³-hybridized carbons (Fsp3) is 0.500. The van der Waals surface area contributed by atoms with Crippen molar-refractivity contribution in [1.82, 2.24) is 5.32 Å². The Labute approximate surface area is 129 Å². The Bertz CT molecular complexity index is 654. The van der Waals surface area contributed by atoms with E-state index in [1.807, 2.05) is 0 Å². The molecule has 21 heavy (non-hydrogen) atoms. The first-order valence-electron chi connectivity index (χ1n) is 6.90. The van der Waals surface area contributed by atoms with Crippen molar-refractivity contribution in [3.63, 3.8) is 0 Å². The normalized spacial score (nSPS) is 15.6.